The Hall–Kier alpha value is -2.32. The van der Waals surface area contributed by atoms with Gasteiger partial charge in [0.1, 0.15) is 0 Å². The molecule has 4 rings (SSSR count). The summed E-state index contributed by atoms with van der Waals surface area (Å²) in [5.41, 5.74) is 2.82. The van der Waals surface area contributed by atoms with Gasteiger partial charge in [-0.3, -0.25) is 9.69 Å². The summed E-state index contributed by atoms with van der Waals surface area (Å²) in [6.07, 6.45) is 3.16. The van der Waals surface area contributed by atoms with Crippen LogP contribution in [0.3, 0.4) is 0 Å². The van der Waals surface area contributed by atoms with Crippen molar-refractivity contribution in [3.8, 4) is 0 Å². The third kappa shape index (κ3) is 4.70. The summed E-state index contributed by atoms with van der Waals surface area (Å²) in [6, 6.07) is 8.76. The number of benzene rings is 1. The minimum Gasteiger partial charge on any atom is -0.379 e. The number of carbonyl (C=O) groups excluding carboxylic acids is 1. The van der Waals surface area contributed by atoms with Crippen LogP contribution >= 0.6 is 0 Å². The van der Waals surface area contributed by atoms with Gasteiger partial charge >= 0.3 is 0 Å². The van der Waals surface area contributed by atoms with Crippen LogP contribution in [0.1, 0.15) is 36.2 Å². The standard InChI is InChI=1S/C19H26N6O2/c26-19(20-17-8-11-27-14-17)6-3-9-25-18(21-22-23-25)13-24-10-7-15-4-1-2-5-16(15)12-24/h1-2,4-5,17H,3,6-14H2,(H,20,26). The molecule has 0 bridgehead atoms. The maximum Gasteiger partial charge on any atom is 0.220 e. The summed E-state index contributed by atoms with van der Waals surface area (Å²) in [5.74, 6) is 0.937. The first kappa shape index (κ1) is 18.1. The zero-order chi connectivity index (χ0) is 18.5. The predicted molar refractivity (Wildman–Crippen MR) is 98.7 cm³/mol. The zero-order valence-electron chi connectivity index (χ0n) is 15.5. The van der Waals surface area contributed by atoms with Gasteiger partial charge in [0.05, 0.1) is 19.2 Å². The molecule has 1 aromatic heterocycles. The molecule has 2 aliphatic heterocycles. The van der Waals surface area contributed by atoms with Crippen LogP contribution in [0.4, 0.5) is 0 Å². The Balaban J connectivity index is 1.25. The average Bonchev–Trinajstić information content (AvgIpc) is 3.34. The number of nitrogens with zero attached hydrogens (tertiary/aromatic N) is 5. The number of amides is 1. The number of fused-ring (bicyclic) bond motifs is 1. The lowest BCUT2D eigenvalue weighted by molar-refractivity contribution is -0.121. The van der Waals surface area contributed by atoms with Crippen LogP contribution in [0.5, 0.6) is 0 Å². The topological polar surface area (TPSA) is 85.2 Å². The smallest absolute Gasteiger partial charge is 0.220 e. The van der Waals surface area contributed by atoms with Gasteiger partial charge in [0.15, 0.2) is 5.82 Å². The van der Waals surface area contributed by atoms with Crippen LogP contribution in [-0.2, 0) is 35.6 Å². The van der Waals surface area contributed by atoms with E-state index in [1.54, 1.807) is 0 Å². The number of aromatic nitrogens is 4. The average molecular weight is 370 g/mol. The van der Waals surface area contributed by atoms with Crippen LogP contribution in [0, 0.1) is 0 Å². The molecule has 1 atom stereocenters. The highest BCUT2D eigenvalue weighted by atomic mass is 16.5. The monoisotopic (exact) mass is 370 g/mol. The Morgan fingerprint density at radius 1 is 1.30 bits per heavy atom. The van der Waals surface area contributed by atoms with Crippen LogP contribution in [0.25, 0.3) is 0 Å². The summed E-state index contributed by atoms with van der Waals surface area (Å²) in [7, 11) is 0. The Morgan fingerprint density at radius 2 is 2.19 bits per heavy atom. The van der Waals surface area contributed by atoms with E-state index in [9.17, 15) is 4.79 Å². The second kappa shape index (κ2) is 8.58. The van der Waals surface area contributed by atoms with Crippen molar-refractivity contribution in [2.45, 2.75) is 51.4 Å². The van der Waals surface area contributed by atoms with E-state index in [0.29, 0.717) is 19.6 Å². The molecule has 27 heavy (non-hydrogen) atoms. The minimum absolute atomic E-state index is 0.0766. The summed E-state index contributed by atoms with van der Waals surface area (Å²) < 4.78 is 7.11. The number of hydrogen-bond donors (Lipinski definition) is 1. The van der Waals surface area contributed by atoms with Crippen molar-refractivity contribution in [1.82, 2.24) is 30.4 Å². The van der Waals surface area contributed by atoms with Gasteiger partial charge < -0.3 is 10.1 Å². The maximum atomic E-state index is 12.0. The molecule has 0 radical (unpaired) electrons. The van der Waals surface area contributed by atoms with Gasteiger partial charge in [0.25, 0.3) is 0 Å². The molecule has 3 heterocycles. The van der Waals surface area contributed by atoms with Gasteiger partial charge in [0, 0.05) is 32.7 Å². The van der Waals surface area contributed by atoms with Crippen molar-refractivity contribution >= 4 is 5.91 Å². The number of carbonyl (C=O) groups is 1. The molecule has 2 aromatic rings. The fourth-order valence-electron chi connectivity index (χ4n) is 3.74. The molecule has 0 aliphatic carbocycles. The molecule has 1 fully saturated rings. The largest absolute Gasteiger partial charge is 0.379 e. The normalized spacial score (nSPS) is 19.8. The fourth-order valence-corrected chi connectivity index (χ4v) is 3.74. The Morgan fingerprint density at radius 3 is 3.04 bits per heavy atom. The summed E-state index contributed by atoms with van der Waals surface area (Å²) in [5, 5.41) is 15.1. The van der Waals surface area contributed by atoms with Gasteiger partial charge in [-0.1, -0.05) is 24.3 Å². The van der Waals surface area contributed by atoms with E-state index in [1.165, 1.54) is 11.1 Å². The van der Waals surface area contributed by atoms with E-state index in [4.69, 9.17) is 4.74 Å². The van der Waals surface area contributed by atoms with E-state index in [2.05, 4.69) is 50.0 Å². The van der Waals surface area contributed by atoms with Crippen LogP contribution in [0.2, 0.25) is 0 Å². The van der Waals surface area contributed by atoms with Gasteiger partial charge in [-0.2, -0.15) is 0 Å². The highest BCUT2D eigenvalue weighted by molar-refractivity contribution is 5.76. The second-order valence-corrected chi connectivity index (χ2v) is 7.28. The predicted octanol–water partition coefficient (Wildman–Crippen LogP) is 0.917. The minimum atomic E-state index is 0.0766. The van der Waals surface area contributed by atoms with Gasteiger partial charge in [0.2, 0.25) is 5.91 Å². The molecule has 144 valence electrons. The van der Waals surface area contributed by atoms with E-state index in [1.807, 2.05) is 4.68 Å². The van der Waals surface area contributed by atoms with Gasteiger partial charge in [-0.05, 0) is 40.8 Å². The Kier molecular flexibility index (Phi) is 5.74. The number of hydrogen-bond acceptors (Lipinski definition) is 6. The number of ether oxygens (including phenoxy) is 1. The Bertz CT molecular complexity index is 771. The van der Waals surface area contributed by atoms with Crippen LogP contribution < -0.4 is 5.32 Å². The van der Waals surface area contributed by atoms with Crippen molar-refractivity contribution in [1.29, 1.82) is 0 Å². The molecular weight excluding hydrogens is 344 g/mol. The van der Waals surface area contributed by atoms with Crippen LogP contribution in [-0.4, -0.2) is 56.8 Å². The molecule has 0 spiro atoms. The summed E-state index contributed by atoms with van der Waals surface area (Å²) >= 11 is 0. The first-order chi connectivity index (χ1) is 13.3. The highest BCUT2D eigenvalue weighted by Gasteiger charge is 2.19. The van der Waals surface area contributed by atoms with E-state index >= 15 is 0 Å². The fraction of sp³-hybridized carbons (Fsp3) is 0.579. The van der Waals surface area contributed by atoms with Crippen molar-refractivity contribution in [2.24, 2.45) is 0 Å². The van der Waals surface area contributed by atoms with Crippen LogP contribution in [0.15, 0.2) is 24.3 Å². The highest BCUT2D eigenvalue weighted by Crippen LogP contribution is 2.19. The number of rotatable bonds is 7. The summed E-state index contributed by atoms with van der Waals surface area (Å²) in [6.45, 7) is 4.68. The third-order valence-corrected chi connectivity index (χ3v) is 5.25. The number of aryl methyl sites for hydroxylation is 1. The van der Waals surface area contributed by atoms with E-state index < -0.39 is 0 Å². The Labute approximate surface area is 158 Å². The lowest BCUT2D eigenvalue weighted by Crippen LogP contribution is -2.35. The molecule has 8 heteroatoms. The van der Waals surface area contributed by atoms with Crippen molar-refractivity contribution < 1.29 is 9.53 Å². The molecule has 1 amide bonds. The molecule has 1 unspecified atom stereocenters. The van der Waals surface area contributed by atoms with E-state index in [-0.39, 0.29) is 11.9 Å². The first-order valence-electron chi connectivity index (χ1n) is 9.69. The van der Waals surface area contributed by atoms with Crippen molar-refractivity contribution in [3.05, 3.63) is 41.2 Å². The second-order valence-electron chi connectivity index (χ2n) is 7.28. The lowest BCUT2D eigenvalue weighted by Gasteiger charge is -2.28. The molecule has 8 nitrogen and oxygen atoms in total. The molecule has 1 aromatic carbocycles. The van der Waals surface area contributed by atoms with Crippen molar-refractivity contribution in [3.63, 3.8) is 0 Å². The molecule has 1 N–H and O–H groups in total. The van der Waals surface area contributed by atoms with Gasteiger partial charge in [-0.15, -0.1) is 5.10 Å². The SMILES string of the molecule is O=C(CCCn1nnnc1CN1CCc2ccccc2C1)NC1CCOC1. The van der Waals surface area contributed by atoms with E-state index in [0.717, 1.165) is 51.3 Å². The third-order valence-electron chi connectivity index (χ3n) is 5.25. The zero-order valence-corrected chi connectivity index (χ0v) is 15.5. The lowest BCUT2D eigenvalue weighted by atomic mass is 10.00. The summed E-state index contributed by atoms with van der Waals surface area (Å²) in [4.78, 5) is 14.4. The maximum absolute atomic E-state index is 12.0. The number of tetrazole rings is 1. The quantitative estimate of drug-likeness (QED) is 0.780. The molecule has 1 saturated heterocycles. The number of nitrogens with one attached hydrogen (secondary N) is 1. The first-order valence-corrected chi connectivity index (χ1v) is 9.69. The molecule has 2 aliphatic rings. The van der Waals surface area contributed by atoms with Crippen molar-refractivity contribution in [2.75, 3.05) is 19.8 Å². The molecule has 0 saturated carbocycles. The molecular formula is C19H26N6O2. The van der Waals surface area contributed by atoms with Gasteiger partial charge in [-0.25, -0.2) is 4.68 Å².